The number of nitrogens with one attached hydrogen (secondary N) is 4. The van der Waals surface area contributed by atoms with Gasteiger partial charge in [0.1, 0.15) is 24.2 Å². The third-order valence-electron chi connectivity index (χ3n) is 6.15. The van der Waals surface area contributed by atoms with Crippen LogP contribution >= 0.6 is 0 Å². The van der Waals surface area contributed by atoms with E-state index in [0.717, 1.165) is 6.92 Å². The first-order valence-corrected chi connectivity index (χ1v) is 12.7. The smallest absolute Gasteiger partial charge is 0.326 e. The van der Waals surface area contributed by atoms with Crippen molar-refractivity contribution in [3.63, 3.8) is 0 Å². The number of carboxylic acid groups (broad SMARTS) is 3. The molecular weight excluding hydrogens is 534 g/mol. The molecule has 40 heavy (non-hydrogen) atoms. The maximum absolute atomic E-state index is 13.0. The van der Waals surface area contributed by atoms with Crippen molar-refractivity contribution in [3.8, 4) is 0 Å². The Morgan fingerprint density at radius 1 is 0.700 bits per heavy atom. The van der Waals surface area contributed by atoms with Crippen molar-refractivity contribution < 1.29 is 54.0 Å². The normalized spacial score (nSPS) is 16.3. The zero-order chi connectivity index (χ0) is 31.3. The molecule has 0 unspecified atom stereocenters. The lowest BCUT2D eigenvalue weighted by Gasteiger charge is -2.28. The molecule has 7 atom stereocenters. The van der Waals surface area contributed by atoms with Crippen LogP contribution in [0.25, 0.3) is 0 Å². The van der Waals surface area contributed by atoms with Gasteiger partial charge in [-0.1, -0.05) is 34.1 Å². The van der Waals surface area contributed by atoms with Crippen LogP contribution in [0.2, 0.25) is 0 Å². The average Bonchev–Trinajstić information content (AvgIpc) is 2.85. The van der Waals surface area contributed by atoms with Gasteiger partial charge in [-0.2, -0.15) is 0 Å². The summed E-state index contributed by atoms with van der Waals surface area (Å²) in [7, 11) is 0. The fraction of sp³-hybridized carbons (Fsp3) is 0.708. The molecule has 10 N–H and O–H groups in total. The molecule has 0 aromatic rings. The molecule has 0 aromatic heterocycles. The zero-order valence-corrected chi connectivity index (χ0v) is 23.2. The van der Waals surface area contributed by atoms with Gasteiger partial charge in [0.05, 0.1) is 18.6 Å². The lowest BCUT2D eigenvalue weighted by atomic mass is 9.98. The molecule has 0 radical (unpaired) electrons. The van der Waals surface area contributed by atoms with Crippen molar-refractivity contribution in [2.75, 3.05) is 0 Å². The number of carbonyl (C=O) groups is 7. The summed E-state index contributed by atoms with van der Waals surface area (Å²) in [6.07, 6.45) is -3.11. The monoisotopic (exact) mass is 575 g/mol. The second-order valence-corrected chi connectivity index (χ2v) is 9.86. The van der Waals surface area contributed by atoms with Gasteiger partial charge in [-0.25, -0.2) is 4.79 Å². The SMILES string of the molecule is CC[C@H](C)[C@H](NC(=O)[C@H](CC(=O)O)NC(=O)[C@@H](NC(=O)[C@H](CCC(=O)O)NC(=O)[C@@H](N)C(C)C)[C@@H](C)O)C(=O)O. The minimum Gasteiger partial charge on any atom is -0.481 e. The van der Waals surface area contributed by atoms with E-state index in [1.807, 2.05) is 0 Å². The Morgan fingerprint density at radius 3 is 1.62 bits per heavy atom. The lowest BCUT2D eigenvalue weighted by molar-refractivity contribution is -0.145. The number of carboxylic acids is 3. The number of hydrogen-bond acceptors (Lipinski definition) is 9. The van der Waals surface area contributed by atoms with Crippen LogP contribution in [0.4, 0.5) is 0 Å². The summed E-state index contributed by atoms with van der Waals surface area (Å²) in [6.45, 7) is 7.64. The number of rotatable bonds is 18. The van der Waals surface area contributed by atoms with Gasteiger partial charge in [-0.3, -0.25) is 28.8 Å². The summed E-state index contributed by atoms with van der Waals surface area (Å²) in [5.41, 5.74) is 5.78. The summed E-state index contributed by atoms with van der Waals surface area (Å²) in [5.74, 6) is -9.12. The highest BCUT2D eigenvalue weighted by atomic mass is 16.4. The molecule has 0 aliphatic heterocycles. The third-order valence-corrected chi connectivity index (χ3v) is 6.15. The van der Waals surface area contributed by atoms with Crippen molar-refractivity contribution >= 4 is 41.5 Å². The molecule has 228 valence electrons. The number of amides is 4. The van der Waals surface area contributed by atoms with E-state index in [2.05, 4.69) is 21.3 Å². The van der Waals surface area contributed by atoms with E-state index in [9.17, 15) is 48.9 Å². The summed E-state index contributed by atoms with van der Waals surface area (Å²) < 4.78 is 0. The van der Waals surface area contributed by atoms with E-state index in [-0.39, 0.29) is 12.3 Å². The highest BCUT2D eigenvalue weighted by molar-refractivity contribution is 5.96. The van der Waals surface area contributed by atoms with Crippen LogP contribution in [-0.4, -0.2) is 98.3 Å². The minimum absolute atomic E-state index is 0.322. The Bertz CT molecular complexity index is 940. The molecule has 0 bridgehead atoms. The second kappa shape index (κ2) is 17.0. The molecule has 16 heteroatoms. The number of carbonyl (C=O) groups excluding carboxylic acids is 4. The third kappa shape index (κ3) is 12.4. The molecular formula is C24H41N5O11. The molecule has 0 heterocycles. The van der Waals surface area contributed by atoms with Crippen molar-refractivity contribution in [2.24, 2.45) is 17.6 Å². The van der Waals surface area contributed by atoms with Crippen molar-refractivity contribution in [2.45, 2.75) is 96.6 Å². The minimum atomic E-state index is -1.78. The molecule has 0 saturated carbocycles. The number of aliphatic hydroxyl groups is 1. The predicted molar refractivity (Wildman–Crippen MR) is 138 cm³/mol. The molecule has 0 aliphatic rings. The molecule has 0 fully saturated rings. The molecule has 16 nitrogen and oxygen atoms in total. The molecule has 4 amide bonds. The van der Waals surface area contributed by atoms with E-state index < -0.39 is 96.6 Å². The van der Waals surface area contributed by atoms with Crippen LogP contribution in [0.3, 0.4) is 0 Å². The Kier molecular flexibility index (Phi) is 15.4. The van der Waals surface area contributed by atoms with Crippen molar-refractivity contribution in [1.29, 1.82) is 0 Å². The van der Waals surface area contributed by atoms with Crippen molar-refractivity contribution in [3.05, 3.63) is 0 Å². The summed E-state index contributed by atoms with van der Waals surface area (Å²) in [5, 5.41) is 46.6. The molecule has 0 rings (SSSR count). The molecule has 0 aromatic carbocycles. The van der Waals surface area contributed by atoms with Crippen molar-refractivity contribution in [1.82, 2.24) is 21.3 Å². The fourth-order valence-electron chi connectivity index (χ4n) is 3.35. The topological polar surface area (TPSA) is 275 Å². The Morgan fingerprint density at radius 2 is 1.20 bits per heavy atom. The van der Waals surface area contributed by atoms with Crippen LogP contribution in [0.1, 0.15) is 60.3 Å². The lowest BCUT2D eigenvalue weighted by Crippen LogP contribution is -2.61. The van der Waals surface area contributed by atoms with Crippen LogP contribution in [0.15, 0.2) is 0 Å². The second-order valence-electron chi connectivity index (χ2n) is 9.86. The van der Waals surface area contributed by atoms with Gasteiger partial charge >= 0.3 is 17.9 Å². The van der Waals surface area contributed by atoms with E-state index in [1.54, 1.807) is 27.7 Å². The van der Waals surface area contributed by atoms with E-state index >= 15 is 0 Å². The quantitative estimate of drug-likeness (QED) is 0.0839. The Hall–Kier alpha value is -3.79. The zero-order valence-electron chi connectivity index (χ0n) is 23.2. The fourth-order valence-corrected chi connectivity index (χ4v) is 3.35. The molecule has 0 spiro atoms. The van der Waals surface area contributed by atoms with Gasteiger partial charge in [0, 0.05) is 6.42 Å². The molecule has 0 saturated heterocycles. The Labute approximate surface area is 231 Å². The van der Waals surface area contributed by atoms with Gasteiger partial charge in [0.15, 0.2) is 0 Å². The average molecular weight is 576 g/mol. The van der Waals surface area contributed by atoms with Gasteiger partial charge in [0.25, 0.3) is 0 Å². The van der Waals surface area contributed by atoms with Crippen LogP contribution in [0.5, 0.6) is 0 Å². The highest BCUT2D eigenvalue weighted by Gasteiger charge is 2.35. The molecule has 0 aliphatic carbocycles. The highest BCUT2D eigenvalue weighted by Crippen LogP contribution is 2.09. The first-order valence-electron chi connectivity index (χ1n) is 12.7. The van der Waals surface area contributed by atoms with Crippen LogP contribution in [-0.2, 0) is 33.6 Å². The van der Waals surface area contributed by atoms with E-state index in [0.29, 0.717) is 6.42 Å². The largest absolute Gasteiger partial charge is 0.481 e. The number of hydrogen-bond donors (Lipinski definition) is 9. The first-order chi connectivity index (χ1) is 18.4. The van der Waals surface area contributed by atoms with Gasteiger partial charge in [-0.15, -0.1) is 0 Å². The van der Waals surface area contributed by atoms with E-state index in [4.69, 9.17) is 10.8 Å². The van der Waals surface area contributed by atoms with Gasteiger partial charge in [0.2, 0.25) is 23.6 Å². The maximum atomic E-state index is 13.0. The van der Waals surface area contributed by atoms with E-state index in [1.165, 1.54) is 0 Å². The Balaban J connectivity index is 5.87. The standard InChI is InChI=1S/C24H41N5O11/c1-6-11(4)18(24(39)40)28-21(36)14(9-16(33)34)27-23(38)19(12(5)30)29-20(35)13(7-8-15(31)32)26-22(37)17(25)10(2)3/h10-14,17-19,30H,6-9,25H2,1-5H3,(H,26,37)(H,27,38)(H,28,36)(H,29,35)(H,31,32)(H,33,34)(H,39,40)/t11-,12+,13-,14-,17-,18-,19-/m0/s1. The number of aliphatic carboxylic acids is 3. The van der Waals surface area contributed by atoms with Gasteiger partial charge < -0.3 is 47.4 Å². The summed E-state index contributed by atoms with van der Waals surface area (Å²) in [4.78, 5) is 85.0. The van der Waals surface area contributed by atoms with Crippen LogP contribution in [0, 0.1) is 11.8 Å². The number of aliphatic hydroxyl groups excluding tert-OH is 1. The summed E-state index contributed by atoms with van der Waals surface area (Å²) >= 11 is 0. The van der Waals surface area contributed by atoms with Crippen LogP contribution < -0.4 is 27.0 Å². The maximum Gasteiger partial charge on any atom is 0.326 e. The summed E-state index contributed by atoms with van der Waals surface area (Å²) in [6, 6.07) is -7.43. The number of nitrogens with two attached hydrogens (primary N) is 1. The van der Waals surface area contributed by atoms with Gasteiger partial charge in [-0.05, 0) is 25.2 Å². The first kappa shape index (κ1) is 36.2. The predicted octanol–water partition coefficient (Wildman–Crippen LogP) is -2.24.